The molecule has 1 saturated carbocycles. The highest BCUT2D eigenvalue weighted by Gasteiger charge is 2.36. The molecule has 3 rings (SSSR count). The third-order valence-corrected chi connectivity index (χ3v) is 4.03. The number of rotatable bonds is 0. The van der Waals surface area contributed by atoms with E-state index in [0.29, 0.717) is 5.41 Å². The second-order valence-electron chi connectivity index (χ2n) is 4.96. The van der Waals surface area contributed by atoms with Crippen molar-refractivity contribution in [3.63, 3.8) is 0 Å². The fourth-order valence-corrected chi connectivity index (χ4v) is 3.20. The zero-order valence-electron chi connectivity index (χ0n) is 9.21. The molecule has 0 N–H and O–H groups in total. The van der Waals surface area contributed by atoms with E-state index in [9.17, 15) is 0 Å². The maximum atomic E-state index is 2.47. The largest absolute Gasteiger partial charge is 0.0804 e. The number of hydrogen-bond acceptors (Lipinski definition) is 0. The van der Waals surface area contributed by atoms with Crippen LogP contribution >= 0.6 is 0 Å². The van der Waals surface area contributed by atoms with Crippen LogP contribution in [-0.4, -0.2) is 0 Å². The van der Waals surface area contributed by atoms with Crippen molar-refractivity contribution in [3.8, 4) is 0 Å². The molecule has 0 aromatic heterocycles. The first kappa shape index (κ1) is 9.21. The topological polar surface area (TPSA) is 0 Å². The van der Waals surface area contributed by atoms with Gasteiger partial charge in [-0.25, -0.2) is 0 Å². The van der Waals surface area contributed by atoms with Crippen LogP contribution in [0.1, 0.15) is 38.5 Å². The second-order valence-corrected chi connectivity index (χ2v) is 4.96. The average molecular weight is 198 g/mol. The predicted molar refractivity (Wildman–Crippen MR) is 64.6 cm³/mol. The van der Waals surface area contributed by atoms with Gasteiger partial charge in [-0.3, -0.25) is 0 Å². The van der Waals surface area contributed by atoms with Gasteiger partial charge in [0, 0.05) is 5.41 Å². The Morgan fingerprint density at radius 1 is 0.867 bits per heavy atom. The summed E-state index contributed by atoms with van der Waals surface area (Å²) in [5, 5.41) is 0. The molecule has 1 spiro atoms. The van der Waals surface area contributed by atoms with Crippen molar-refractivity contribution in [1.29, 1.82) is 0 Å². The van der Waals surface area contributed by atoms with E-state index in [2.05, 4.69) is 36.5 Å². The Hall–Kier alpha value is -1.04. The zero-order chi connectivity index (χ0) is 10.1. The molecule has 0 nitrogen and oxygen atoms in total. The minimum absolute atomic E-state index is 0.415. The molecule has 0 amide bonds. The lowest BCUT2D eigenvalue weighted by atomic mass is 9.70. The Balaban J connectivity index is 2.02. The molecule has 3 aliphatic carbocycles. The van der Waals surface area contributed by atoms with Crippen molar-refractivity contribution in [1.82, 2.24) is 0 Å². The predicted octanol–water partition coefficient (Wildman–Crippen LogP) is 4.32. The van der Waals surface area contributed by atoms with Gasteiger partial charge in [0.1, 0.15) is 0 Å². The maximum Gasteiger partial charge on any atom is 0.0141 e. The van der Waals surface area contributed by atoms with E-state index >= 15 is 0 Å². The lowest BCUT2D eigenvalue weighted by molar-refractivity contribution is 0.317. The Kier molecular flexibility index (Phi) is 2.16. The highest BCUT2D eigenvalue weighted by molar-refractivity contribution is 5.53. The summed E-state index contributed by atoms with van der Waals surface area (Å²) >= 11 is 0. The lowest BCUT2D eigenvalue weighted by Gasteiger charge is -2.34. The van der Waals surface area contributed by atoms with E-state index in [1.165, 1.54) is 37.7 Å². The Morgan fingerprint density at radius 2 is 1.67 bits per heavy atom. The summed E-state index contributed by atoms with van der Waals surface area (Å²) in [5.41, 5.74) is 3.47. The molecular formula is C15H18. The van der Waals surface area contributed by atoms with Crippen molar-refractivity contribution in [2.45, 2.75) is 38.5 Å². The van der Waals surface area contributed by atoms with Crippen LogP contribution in [0, 0.1) is 5.41 Å². The van der Waals surface area contributed by atoms with E-state index in [0.717, 1.165) is 6.42 Å². The van der Waals surface area contributed by atoms with E-state index < -0.39 is 0 Å². The molecule has 0 unspecified atom stereocenters. The van der Waals surface area contributed by atoms with Crippen LogP contribution in [0.3, 0.4) is 0 Å². The minimum atomic E-state index is 0.415. The van der Waals surface area contributed by atoms with Crippen molar-refractivity contribution >= 4 is 0 Å². The fourth-order valence-electron chi connectivity index (χ4n) is 3.20. The summed E-state index contributed by atoms with van der Waals surface area (Å²) in [5.74, 6) is 0. The third kappa shape index (κ3) is 1.43. The third-order valence-electron chi connectivity index (χ3n) is 4.03. The van der Waals surface area contributed by atoms with Crippen LogP contribution in [0.2, 0.25) is 0 Å². The van der Waals surface area contributed by atoms with Crippen LogP contribution < -0.4 is 0 Å². The zero-order valence-corrected chi connectivity index (χ0v) is 9.21. The van der Waals surface area contributed by atoms with E-state index in [1.807, 2.05) is 0 Å². The Morgan fingerprint density at radius 3 is 2.53 bits per heavy atom. The van der Waals surface area contributed by atoms with Gasteiger partial charge in [0.25, 0.3) is 0 Å². The first-order valence-electron chi connectivity index (χ1n) is 6.18. The molecule has 3 aliphatic rings. The van der Waals surface area contributed by atoms with Crippen molar-refractivity contribution < 1.29 is 0 Å². The Bertz CT molecular complexity index is 371. The average Bonchev–Trinajstić information content (AvgIpc) is 2.51. The molecule has 0 bridgehead atoms. The number of fused-ring (bicyclic) bond motifs is 1. The monoisotopic (exact) mass is 198 g/mol. The maximum absolute atomic E-state index is 2.47. The number of allylic oxidation sites excluding steroid dienone is 8. The second kappa shape index (κ2) is 3.52. The first-order chi connectivity index (χ1) is 7.41. The molecule has 0 radical (unpaired) electrons. The molecule has 0 aromatic carbocycles. The molecule has 0 heterocycles. The quantitative estimate of drug-likeness (QED) is 0.544. The van der Waals surface area contributed by atoms with Gasteiger partial charge in [0.15, 0.2) is 0 Å². The van der Waals surface area contributed by atoms with Gasteiger partial charge in [-0.2, -0.15) is 0 Å². The van der Waals surface area contributed by atoms with Crippen LogP contribution in [-0.2, 0) is 0 Å². The molecule has 0 aromatic rings. The Labute approximate surface area is 92.1 Å². The van der Waals surface area contributed by atoms with Gasteiger partial charge >= 0.3 is 0 Å². The van der Waals surface area contributed by atoms with Crippen LogP contribution in [0.4, 0.5) is 0 Å². The SMILES string of the molecule is C1=CC2=C(C=CC1)C1(C=C2)CCCCC1. The molecule has 0 aliphatic heterocycles. The summed E-state index contributed by atoms with van der Waals surface area (Å²) in [7, 11) is 0. The highest BCUT2D eigenvalue weighted by atomic mass is 14.4. The molecular weight excluding hydrogens is 180 g/mol. The summed E-state index contributed by atoms with van der Waals surface area (Å²) < 4.78 is 0. The molecule has 0 atom stereocenters. The number of hydrogen-bond donors (Lipinski definition) is 0. The smallest absolute Gasteiger partial charge is 0.0141 e. The van der Waals surface area contributed by atoms with Crippen LogP contribution in [0.15, 0.2) is 47.6 Å². The van der Waals surface area contributed by atoms with Crippen molar-refractivity contribution in [2.24, 2.45) is 5.41 Å². The van der Waals surface area contributed by atoms with Gasteiger partial charge in [0.05, 0.1) is 0 Å². The first-order valence-corrected chi connectivity index (χ1v) is 6.18. The van der Waals surface area contributed by atoms with E-state index in [-0.39, 0.29) is 0 Å². The van der Waals surface area contributed by atoms with Crippen molar-refractivity contribution in [3.05, 3.63) is 47.6 Å². The molecule has 78 valence electrons. The van der Waals surface area contributed by atoms with Crippen molar-refractivity contribution in [2.75, 3.05) is 0 Å². The fraction of sp³-hybridized carbons (Fsp3) is 0.467. The van der Waals surface area contributed by atoms with Gasteiger partial charge in [-0.15, -0.1) is 0 Å². The summed E-state index contributed by atoms with van der Waals surface area (Å²) in [6.45, 7) is 0. The van der Waals surface area contributed by atoms with Gasteiger partial charge in [-0.05, 0) is 30.4 Å². The standard InChI is InChI=1S/C15H18/c1-3-7-13-9-12-15(14(13)8-4-1)10-5-2-6-11-15/h3-4,7-9,12H,1-2,5-6,10-11H2. The molecule has 0 saturated heterocycles. The highest BCUT2D eigenvalue weighted by Crippen LogP contribution is 2.49. The molecule has 1 fully saturated rings. The van der Waals surface area contributed by atoms with Gasteiger partial charge in [0.2, 0.25) is 0 Å². The van der Waals surface area contributed by atoms with Crippen LogP contribution in [0.25, 0.3) is 0 Å². The van der Waals surface area contributed by atoms with Gasteiger partial charge < -0.3 is 0 Å². The normalized spacial score (nSPS) is 27.2. The summed E-state index contributed by atoms with van der Waals surface area (Å²) in [6, 6.07) is 0. The summed E-state index contributed by atoms with van der Waals surface area (Å²) in [6.07, 6.45) is 22.1. The van der Waals surface area contributed by atoms with E-state index in [4.69, 9.17) is 0 Å². The summed E-state index contributed by atoms with van der Waals surface area (Å²) in [4.78, 5) is 0. The molecule has 0 heteroatoms. The minimum Gasteiger partial charge on any atom is -0.0804 e. The molecule has 15 heavy (non-hydrogen) atoms. The lowest BCUT2D eigenvalue weighted by Crippen LogP contribution is -2.21. The van der Waals surface area contributed by atoms with Crippen LogP contribution in [0.5, 0.6) is 0 Å². The van der Waals surface area contributed by atoms with Gasteiger partial charge in [-0.1, -0.05) is 55.7 Å². The van der Waals surface area contributed by atoms with E-state index in [1.54, 1.807) is 5.57 Å².